The van der Waals surface area contributed by atoms with Gasteiger partial charge in [0.05, 0.1) is 5.56 Å². The summed E-state index contributed by atoms with van der Waals surface area (Å²) in [6.45, 7) is 5.46. The molecule has 0 aliphatic heterocycles. The quantitative estimate of drug-likeness (QED) is 0.695. The van der Waals surface area contributed by atoms with Crippen LogP contribution in [0.2, 0.25) is 0 Å². The van der Waals surface area contributed by atoms with Gasteiger partial charge in [-0.2, -0.15) is 0 Å². The SMILES string of the molecule is Cc1cccc(C(=O)Oc2c(C)cc(C(N)=O)cc2C)c1. The van der Waals surface area contributed by atoms with Crippen molar-refractivity contribution < 1.29 is 14.3 Å². The number of rotatable bonds is 3. The van der Waals surface area contributed by atoms with Crippen molar-refractivity contribution in [1.82, 2.24) is 0 Å². The van der Waals surface area contributed by atoms with Gasteiger partial charge in [0.1, 0.15) is 5.75 Å². The zero-order valence-corrected chi connectivity index (χ0v) is 12.3. The molecule has 21 heavy (non-hydrogen) atoms. The molecule has 0 saturated heterocycles. The molecule has 0 spiro atoms. The summed E-state index contributed by atoms with van der Waals surface area (Å²) in [6.07, 6.45) is 0. The largest absolute Gasteiger partial charge is 0.422 e. The Kier molecular flexibility index (Phi) is 4.08. The first-order valence-electron chi connectivity index (χ1n) is 6.58. The number of esters is 1. The Morgan fingerprint density at radius 3 is 2.10 bits per heavy atom. The van der Waals surface area contributed by atoms with E-state index < -0.39 is 11.9 Å². The van der Waals surface area contributed by atoms with E-state index in [0.717, 1.165) is 5.56 Å². The van der Waals surface area contributed by atoms with Crippen LogP contribution in [0.25, 0.3) is 0 Å². The van der Waals surface area contributed by atoms with Gasteiger partial charge in [-0.25, -0.2) is 4.79 Å². The lowest BCUT2D eigenvalue weighted by molar-refractivity contribution is 0.0732. The van der Waals surface area contributed by atoms with Crippen LogP contribution in [0.5, 0.6) is 5.75 Å². The van der Waals surface area contributed by atoms with E-state index in [9.17, 15) is 9.59 Å². The maximum atomic E-state index is 12.2. The molecule has 2 rings (SSSR count). The molecular formula is C17H17NO3. The minimum absolute atomic E-state index is 0.403. The molecular weight excluding hydrogens is 266 g/mol. The second kappa shape index (κ2) is 5.79. The van der Waals surface area contributed by atoms with Crippen molar-refractivity contribution in [3.8, 4) is 5.75 Å². The van der Waals surface area contributed by atoms with Crippen LogP contribution in [0.15, 0.2) is 36.4 Å². The fourth-order valence-corrected chi connectivity index (χ4v) is 2.18. The first-order chi connectivity index (χ1) is 9.88. The third-order valence-electron chi connectivity index (χ3n) is 3.19. The smallest absolute Gasteiger partial charge is 0.343 e. The first kappa shape index (κ1) is 14.8. The molecule has 0 radical (unpaired) electrons. The fourth-order valence-electron chi connectivity index (χ4n) is 2.18. The lowest BCUT2D eigenvalue weighted by Gasteiger charge is -2.12. The van der Waals surface area contributed by atoms with Gasteiger partial charge in [0.25, 0.3) is 0 Å². The summed E-state index contributed by atoms with van der Waals surface area (Å²) in [4.78, 5) is 23.4. The molecule has 0 aromatic heterocycles. The van der Waals surface area contributed by atoms with E-state index in [4.69, 9.17) is 10.5 Å². The van der Waals surface area contributed by atoms with Gasteiger partial charge in [-0.05, 0) is 56.2 Å². The molecule has 0 fully saturated rings. The van der Waals surface area contributed by atoms with E-state index in [-0.39, 0.29) is 0 Å². The number of benzene rings is 2. The van der Waals surface area contributed by atoms with E-state index in [1.54, 1.807) is 38.1 Å². The van der Waals surface area contributed by atoms with Crippen molar-refractivity contribution in [3.05, 3.63) is 64.2 Å². The van der Waals surface area contributed by atoms with Crippen molar-refractivity contribution in [3.63, 3.8) is 0 Å². The van der Waals surface area contributed by atoms with Crippen molar-refractivity contribution in [2.75, 3.05) is 0 Å². The molecule has 0 bridgehead atoms. The molecule has 0 aliphatic rings. The Hall–Kier alpha value is -2.62. The Balaban J connectivity index is 2.32. The highest BCUT2D eigenvalue weighted by molar-refractivity contribution is 5.94. The second-order valence-electron chi connectivity index (χ2n) is 5.06. The van der Waals surface area contributed by atoms with Crippen molar-refractivity contribution in [1.29, 1.82) is 0 Å². The number of amides is 1. The molecule has 0 aliphatic carbocycles. The van der Waals surface area contributed by atoms with Crippen LogP contribution in [0.3, 0.4) is 0 Å². The number of aryl methyl sites for hydroxylation is 3. The highest BCUT2D eigenvalue weighted by Gasteiger charge is 2.14. The molecule has 0 atom stereocenters. The summed E-state index contributed by atoms with van der Waals surface area (Å²) in [5, 5.41) is 0. The average Bonchev–Trinajstić information content (AvgIpc) is 2.42. The predicted molar refractivity (Wildman–Crippen MR) is 80.6 cm³/mol. The number of hydrogen-bond acceptors (Lipinski definition) is 3. The van der Waals surface area contributed by atoms with E-state index in [2.05, 4.69) is 0 Å². The number of hydrogen-bond donors (Lipinski definition) is 1. The minimum atomic E-state index is -0.502. The van der Waals surface area contributed by atoms with Gasteiger partial charge in [0, 0.05) is 5.56 Å². The monoisotopic (exact) mass is 283 g/mol. The molecule has 4 heteroatoms. The van der Waals surface area contributed by atoms with E-state index in [1.807, 2.05) is 19.1 Å². The Morgan fingerprint density at radius 2 is 1.57 bits per heavy atom. The summed E-state index contributed by atoms with van der Waals surface area (Å²) >= 11 is 0. The second-order valence-corrected chi connectivity index (χ2v) is 5.06. The predicted octanol–water partition coefficient (Wildman–Crippen LogP) is 2.93. The highest BCUT2D eigenvalue weighted by atomic mass is 16.5. The topological polar surface area (TPSA) is 69.4 Å². The van der Waals surface area contributed by atoms with Gasteiger partial charge in [-0.3, -0.25) is 4.79 Å². The summed E-state index contributed by atoms with van der Waals surface area (Å²) < 4.78 is 5.46. The van der Waals surface area contributed by atoms with Crippen molar-refractivity contribution >= 4 is 11.9 Å². The fraction of sp³-hybridized carbons (Fsp3) is 0.176. The Labute approximate surface area is 123 Å². The van der Waals surface area contributed by atoms with Crippen LogP contribution in [-0.4, -0.2) is 11.9 Å². The van der Waals surface area contributed by atoms with Crippen LogP contribution in [0.1, 0.15) is 37.4 Å². The van der Waals surface area contributed by atoms with Crippen molar-refractivity contribution in [2.45, 2.75) is 20.8 Å². The van der Waals surface area contributed by atoms with Gasteiger partial charge in [-0.15, -0.1) is 0 Å². The van der Waals surface area contributed by atoms with Crippen molar-refractivity contribution in [2.24, 2.45) is 5.73 Å². The van der Waals surface area contributed by atoms with Gasteiger partial charge in [-0.1, -0.05) is 17.7 Å². The zero-order valence-electron chi connectivity index (χ0n) is 12.3. The molecule has 2 N–H and O–H groups in total. The van der Waals surface area contributed by atoms with E-state index in [1.165, 1.54) is 0 Å². The van der Waals surface area contributed by atoms with E-state index >= 15 is 0 Å². The summed E-state index contributed by atoms with van der Waals surface area (Å²) in [7, 11) is 0. The molecule has 1 amide bonds. The van der Waals surface area contributed by atoms with Crippen LogP contribution in [0.4, 0.5) is 0 Å². The third-order valence-corrected chi connectivity index (χ3v) is 3.19. The Bertz CT molecular complexity index is 697. The number of carbonyl (C=O) groups excluding carboxylic acids is 2. The molecule has 0 saturated carbocycles. The maximum absolute atomic E-state index is 12.2. The number of carbonyl (C=O) groups is 2. The summed E-state index contributed by atoms with van der Waals surface area (Å²) in [6, 6.07) is 10.4. The number of primary amides is 1. The average molecular weight is 283 g/mol. The maximum Gasteiger partial charge on any atom is 0.343 e. The highest BCUT2D eigenvalue weighted by Crippen LogP contribution is 2.25. The summed E-state index contributed by atoms with van der Waals surface area (Å²) in [5.74, 6) is -0.457. The van der Waals surface area contributed by atoms with Gasteiger partial charge in [0.15, 0.2) is 0 Å². The molecule has 2 aromatic rings. The van der Waals surface area contributed by atoms with Gasteiger partial charge in [0.2, 0.25) is 5.91 Å². The number of nitrogens with two attached hydrogens (primary N) is 1. The van der Waals surface area contributed by atoms with Gasteiger partial charge < -0.3 is 10.5 Å². The lowest BCUT2D eigenvalue weighted by Crippen LogP contribution is -2.14. The third kappa shape index (κ3) is 3.28. The minimum Gasteiger partial charge on any atom is -0.422 e. The molecule has 2 aromatic carbocycles. The molecule has 4 nitrogen and oxygen atoms in total. The molecule has 0 unspecified atom stereocenters. The van der Waals surface area contributed by atoms with Crippen LogP contribution in [-0.2, 0) is 0 Å². The van der Waals surface area contributed by atoms with E-state index in [0.29, 0.717) is 28.0 Å². The Morgan fingerprint density at radius 1 is 0.952 bits per heavy atom. The zero-order chi connectivity index (χ0) is 15.6. The van der Waals surface area contributed by atoms with Crippen LogP contribution in [0, 0.1) is 20.8 Å². The van der Waals surface area contributed by atoms with Crippen LogP contribution >= 0.6 is 0 Å². The van der Waals surface area contributed by atoms with Crippen LogP contribution < -0.4 is 10.5 Å². The lowest BCUT2D eigenvalue weighted by atomic mass is 10.1. The van der Waals surface area contributed by atoms with Gasteiger partial charge >= 0.3 is 5.97 Å². The standard InChI is InChI=1S/C17H17NO3/c1-10-5-4-6-13(7-10)17(20)21-15-11(2)8-14(16(18)19)9-12(15)3/h4-9H,1-3H3,(H2,18,19). The normalized spacial score (nSPS) is 10.2. The number of ether oxygens (including phenoxy) is 1. The molecule has 108 valence electrons. The molecule has 0 heterocycles. The summed E-state index contributed by atoms with van der Waals surface area (Å²) in [5.41, 5.74) is 8.55. The first-order valence-corrected chi connectivity index (χ1v) is 6.58.